The van der Waals surface area contributed by atoms with Crippen LogP contribution in [0.2, 0.25) is 0 Å². The Balaban J connectivity index is 2.60. The molecule has 0 heterocycles. The van der Waals surface area contributed by atoms with Crippen LogP contribution in [-0.4, -0.2) is 30.7 Å². The van der Waals surface area contributed by atoms with Gasteiger partial charge in [0.1, 0.15) is 11.3 Å². The van der Waals surface area contributed by atoms with Crippen molar-refractivity contribution in [3.8, 4) is 5.75 Å². The Hall–Kier alpha value is -5.17. The maximum Gasteiger partial charge on any atom is 0.345 e. The SMILES string of the molecule is CC/C=C\C/C=C\C/C=C\C/C=C\C/C=C\CCCCOc1ccc(NC(=O)CCC/C=C\C/C=C\C/C=C\C/C=C\C/C=C\CC)cc1C(=O)OC(C)OC(=O)CCCCCCC. The van der Waals surface area contributed by atoms with Crippen molar-refractivity contribution in [1.29, 1.82) is 0 Å². The molecule has 7 nitrogen and oxygen atoms in total. The summed E-state index contributed by atoms with van der Waals surface area (Å²) in [5.74, 6) is -0.875. The maximum absolute atomic E-state index is 13.4. The van der Waals surface area contributed by atoms with Crippen molar-refractivity contribution in [2.45, 2.75) is 175 Å². The van der Waals surface area contributed by atoms with Crippen LogP contribution in [0.1, 0.15) is 179 Å². The lowest BCUT2D eigenvalue weighted by Crippen LogP contribution is -2.22. The molecule has 1 atom stereocenters. The molecule has 0 saturated carbocycles. The van der Waals surface area contributed by atoms with Crippen LogP contribution >= 0.6 is 0 Å². The lowest BCUT2D eigenvalue weighted by molar-refractivity contribution is -0.165. The van der Waals surface area contributed by atoms with Gasteiger partial charge in [-0.15, -0.1) is 0 Å². The highest BCUT2D eigenvalue weighted by atomic mass is 16.7. The standard InChI is InChI=1S/C57H83NO6/c1-5-8-11-14-16-18-20-22-24-26-28-30-32-34-36-38-41-44-49-62-54-48-47-52(50-53(54)57(61)64-51(4)63-56(60)46-43-39-13-10-7-3)58-55(59)45-42-40-37-35-33-31-29-27-25-23-21-19-17-15-12-9-6-2/h8-9,11-12,16-19,22-25,28-31,34-37,47-48,50-51H,5-7,10,13-15,20-21,26-27,32-33,38-46,49H2,1-4H3,(H,58,59)/b11-8-,12-9-,18-16-,19-17-,24-22-,25-23-,30-28-,31-29-,36-34-,37-35-. The van der Waals surface area contributed by atoms with E-state index in [2.05, 4.69) is 148 Å². The normalized spacial score (nSPS) is 13.0. The van der Waals surface area contributed by atoms with Gasteiger partial charge in [0.05, 0.1) is 6.61 Å². The van der Waals surface area contributed by atoms with E-state index in [4.69, 9.17) is 14.2 Å². The predicted molar refractivity (Wildman–Crippen MR) is 272 cm³/mol. The molecule has 1 aromatic rings. The van der Waals surface area contributed by atoms with E-state index in [-0.39, 0.29) is 17.9 Å². The molecule has 7 heteroatoms. The molecular formula is C57H83NO6. The highest BCUT2D eigenvalue weighted by molar-refractivity contribution is 5.96. The second kappa shape index (κ2) is 43.1. The summed E-state index contributed by atoms with van der Waals surface area (Å²) in [6.45, 7) is 8.38. The summed E-state index contributed by atoms with van der Waals surface area (Å²) in [5.41, 5.74) is 0.631. The molecule has 1 unspecified atom stereocenters. The summed E-state index contributed by atoms with van der Waals surface area (Å²) in [4.78, 5) is 38.7. The zero-order chi connectivity index (χ0) is 46.4. The summed E-state index contributed by atoms with van der Waals surface area (Å²) in [5, 5.41) is 2.91. The summed E-state index contributed by atoms with van der Waals surface area (Å²) in [6, 6.07) is 4.98. The van der Waals surface area contributed by atoms with Gasteiger partial charge in [0.2, 0.25) is 12.2 Å². The Morgan fingerprint density at radius 2 is 0.984 bits per heavy atom. The van der Waals surface area contributed by atoms with Crippen LogP contribution in [0.3, 0.4) is 0 Å². The number of benzene rings is 1. The van der Waals surface area contributed by atoms with E-state index in [9.17, 15) is 14.4 Å². The van der Waals surface area contributed by atoms with Gasteiger partial charge in [-0.25, -0.2) is 4.79 Å². The number of allylic oxidation sites excluding steroid dienone is 20. The Kier molecular flexibility index (Phi) is 38.3. The molecule has 0 aliphatic rings. The Morgan fingerprint density at radius 1 is 0.516 bits per heavy atom. The first-order valence-electron chi connectivity index (χ1n) is 24.4. The lowest BCUT2D eigenvalue weighted by atomic mass is 10.1. The molecule has 1 aromatic carbocycles. The van der Waals surface area contributed by atoms with Crippen LogP contribution in [0.25, 0.3) is 0 Å². The zero-order valence-electron chi connectivity index (χ0n) is 40.1. The molecule has 1 rings (SSSR count). The van der Waals surface area contributed by atoms with Gasteiger partial charge in [-0.05, 0) is 121 Å². The molecule has 64 heavy (non-hydrogen) atoms. The van der Waals surface area contributed by atoms with E-state index in [1.165, 1.54) is 6.92 Å². The van der Waals surface area contributed by atoms with Crippen molar-refractivity contribution < 1.29 is 28.6 Å². The average molecular weight is 878 g/mol. The predicted octanol–water partition coefficient (Wildman–Crippen LogP) is 16.3. The molecule has 1 N–H and O–H groups in total. The average Bonchev–Trinajstić information content (AvgIpc) is 3.28. The summed E-state index contributed by atoms with van der Waals surface area (Å²) >= 11 is 0. The molecule has 0 aliphatic heterocycles. The van der Waals surface area contributed by atoms with Crippen LogP contribution < -0.4 is 10.1 Å². The third-order valence-electron chi connectivity index (χ3n) is 9.65. The van der Waals surface area contributed by atoms with E-state index in [1.807, 2.05) is 0 Å². The van der Waals surface area contributed by atoms with E-state index in [0.29, 0.717) is 30.9 Å². The fraction of sp³-hybridized carbons (Fsp3) is 0.491. The quantitative estimate of drug-likeness (QED) is 0.0308. The van der Waals surface area contributed by atoms with E-state index in [0.717, 1.165) is 122 Å². The van der Waals surface area contributed by atoms with Gasteiger partial charge in [0, 0.05) is 25.5 Å². The molecule has 0 spiro atoms. The summed E-state index contributed by atoms with van der Waals surface area (Å²) in [7, 11) is 0. The molecule has 352 valence electrons. The smallest absolute Gasteiger partial charge is 0.345 e. The first-order chi connectivity index (χ1) is 31.4. The van der Waals surface area contributed by atoms with Crippen LogP contribution in [0.4, 0.5) is 5.69 Å². The van der Waals surface area contributed by atoms with Crippen LogP contribution in [0.5, 0.6) is 5.75 Å². The minimum absolute atomic E-state index is 0.142. The molecular weight excluding hydrogens is 795 g/mol. The van der Waals surface area contributed by atoms with Crippen molar-refractivity contribution in [2.75, 3.05) is 11.9 Å². The highest BCUT2D eigenvalue weighted by Crippen LogP contribution is 2.25. The van der Waals surface area contributed by atoms with E-state index in [1.54, 1.807) is 18.2 Å². The number of ether oxygens (including phenoxy) is 3. The fourth-order valence-electron chi connectivity index (χ4n) is 6.14. The molecule has 0 saturated heterocycles. The van der Waals surface area contributed by atoms with E-state index >= 15 is 0 Å². The number of unbranched alkanes of at least 4 members (excludes halogenated alkanes) is 7. The van der Waals surface area contributed by atoms with Crippen LogP contribution in [0, 0.1) is 0 Å². The number of nitrogens with one attached hydrogen (secondary N) is 1. The number of anilines is 1. The van der Waals surface area contributed by atoms with Gasteiger partial charge in [0.25, 0.3) is 0 Å². The monoisotopic (exact) mass is 878 g/mol. The molecule has 1 amide bonds. The van der Waals surface area contributed by atoms with Gasteiger partial charge in [-0.1, -0.05) is 168 Å². The summed E-state index contributed by atoms with van der Waals surface area (Å²) < 4.78 is 17.0. The Morgan fingerprint density at radius 3 is 1.48 bits per heavy atom. The van der Waals surface area contributed by atoms with Crippen molar-refractivity contribution >= 4 is 23.5 Å². The number of rotatable bonds is 38. The van der Waals surface area contributed by atoms with E-state index < -0.39 is 18.2 Å². The third kappa shape index (κ3) is 35.3. The maximum atomic E-state index is 13.4. The third-order valence-corrected chi connectivity index (χ3v) is 9.65. The number of carbonyl (C=O) groups is 3. The Bertz CT molecular complexity index is 1670. The second-order valence-electron chi connectivity index (χ2n) is 15.5. The fourth-order valence-corrected chi connectivity index (χ4v) is 6.14. The van der Waals surface area contributed by atoms with Crippen LogP contribution in [-0.2, 0) is 19.1 Å². The minimum atomic E-state index is -1.07. The molecule has 0 bridgehead atoms. The number of hydrogen-bond donors (Lipinski definition) is 1. The van der Waals surface area contributed by atoms with Crippen molar-refractivity contribution in [2.24, 2.45) is 0 Å². The number of amides is 1. The highest BCUT2D eigenvalue weighted by Gasteiger charge is 2.20. The van der Waals surface area contributed by atoms with Gasteiger partial charge >= 0.3 is 11.9 Å². The topological polar surface area (TPSA) is 90.9 Å². The number of hydrogen-bond acceptors (Lipinski definition) is 6. The second-order valence-corrected chi connectivity index (χ2v) is 15.5. The lowest BCUT2D eigenvalue weighted by Gasteiger charge is -2.17. The van der Waals surface area contributed by atoms with Crippen molar-refractivity contribution in [1.82, 2.24) is 0 Å². The molecule has 0 aliphatic carbocycles. The number of esters is 2. The van der Waals surface area contributed by atoms with Crippen molar-refractivity contribution in [3.05, 3.63) is 145 Å². The zero-order valence-corrected chi connectivity index (χ0v) is 40.1. The largest absolute Gasteiger partial charge is 0.493 e. The van der Waals surface area contributed by atoms with Gasteiger partial charge in [0.15, 0.2) is 0 Å². The molecule has 0 radical (unpaired) electrons. The first kappa shape index (κ1) is 56.8. The van der Waals surface area contributed by atoms with Gasteiger partial charge < -0.3 is 19.5 Å². The Labute approximate surface area is 389 Å². The van der Waals surface area contributed by atoms with Gasteiger partial charge in [-0.3, -0.25) is 9.59 Å². The summed E-state index contributed by atoms with van der Waals surface area (Å²) in [6.07, 6.45) is 62.1. The number of carbonyl (C=O) groups excluding carboxylic acids is 3. The minimum Gasteiger partial charge on any atom is -0.493 e. The van der Waals surface area contributed by atoms with Gasteiger partial charge in [-0.2, -0.15) is 0 Å². The van der Waals surface area contributed by atoms with Crippen molar-refractivity contribution in [3.63, 3.8) is 0 Å². The molecule has 0 fully saturated rings. The first-order valence-corrected chi connectivity index (χ1v) is 24.4. The van der Waals surface area contributed by atoms with Crippen LogP contribution in [0.15, 0.2) is 140 Å². The molecule has 0 aromatic heterocycles.